The van der Waals surface area contributed by atoms with E-state index < -0.39 is 37.3 Å². The van der Waals surface area contributed by atoms with Gasteiger partial charge in [0.25, 0.3) is 0 Å². The Hall–Kier alpha value is -0.500. The minimum absolute atomic E-state index is 0.142. The SMILES string of the molecule is C=CCO[C@@H]1O[C@@H](CO)[C@@H](O)[C@@H](O)[C@@H]1O. The van der Waals surface area contributed by atoms with Crippen molar-refractivity contribution in [3.05, 3.63) is 12.7 Å². The molecule has 88 valence electrons. The lowest BCUT2D eigenvalue weighted by molar-refractivity contribution is -0.298. The van der Waals surface area contributed by atoms with Crippen LogP contribution in [-0.2, 0) is 9.47 Å². The highest BCUT2D eigenvalue weighted by atomic mass is 16.7. The molecule has 0 aromatic rings. The average molecular weight is 220 g/mol. The Balaban J connectivity index is 2.60. The van der Waals surface area contributed by atoms with Crippen LogP contribution in [0.15, 0.2) is 12.7 Å². The van der Waals surface area contributed by atoms with E-state index in [4.69, 9.17) is 14.6 Å². The molecule has 1 saturated heterocycles. The van der Waals surface area contributed by atoms with Gasteiger partial charge in [-0.3, -0.25) is 0 Å². The van der Waals surface area contributed by atoms with Gasteiger partial charge < -0.3 is 29.9 Å². The first-order valence-electron chi connectivity index (χ1n) is 4.64. The smallest absolute Gasteiger partial charge is 0.187 e. The monoisotopic (exact) mass is 220 g/mol. The van der Waals surface area contributed by atoms with Gasteiger partial charge in [-0.15, -0.1) is 6.58 Å². The van der Waals surface area contributed by atoms with Crippen molar-refractivity contribution in [2.45, 2.75) is 30.7 Å². The van der Waals surface area contributed by atoms with Gasteiger partial charge in [0.05, 0.1) is 13.2 Å². The van der Waals surface area contributed by atoms with Gasteiger partial charge in [0.15, 0.2) is 6.29 Å². The summed E-state index contributed by atoms with van der Waals surface area (Å²) in [7, 11) is 0. The standard InChI is InChI=1S/C9H16O6/c1-2-3-14-9-8(13)7(12)6(11)5(4-10)15-9/h2,5-13H,1,3-4H2/t5-,6+,7+,8-,9+/m0/s1. The Bertz CT molecular complexity index is 207. The van der Waals surface area contributed by atoms with E-state index >= 15 is 0 Å². The van der Waals surface area contributed by atoms with Gasteiger partial charge in [-0.1, -0.05) is 6.08 Å². The first-order chi connectivity index (χ1) is 7.11. The zero-order valence-corrected chi connectivity index (χ0v) is 8.19. The number of hydrogen-bond acceptors (Lipinski definition) is 6. The van der Waals surface area contributed by atoms with E-state index in [2.05, 4.69) is 6.58 Å². The van der Waals surface area contributed by atoms with Gasteiger partial charge in [-0.25, -0.2) is 0 Å². The molecule has 0 unspecified atom stereocenters. The van der Waals surface area contributed by atoms with E-state index in [0.717, 1.165) is 0 Å². The fraction of sp³-hybridized carbons (Fsp3) is 0.778. The molecule has 1 aliphatic heterocycles. The van der Waals surface area contributed by atoms with Crippen LogP contribution in [0.1, 0.15) is 0 Å². The molecule has 1 heterocycles. The van der Waals surface area contributed by atoms with Crippen LogP contribution in [0.3, 0.4) is 0 Å². The van der Waals surface area contributed by atoms with Gasteiger partial charge in [-0.2, -0.15) is 0 Å². The van der Waals surface area contributed by atoms with Crippen LogP contribution >= 0.6 is 0 Å². The van der Waals surface area contributed by atoms with Crippen LogP contribution in [0.4, 0.5) is 0 Å². The van der Waals surface area contributed by atoms with Crippen molar-refractivity contribution >= 4 is 0 Å². The Kier molecular flexibility index (Phi) is 4.65. The van der Waals surface area contributed by atoms with Crippen LogP contribution in [0, 0.1) is 0 Å². The van der Waals surface area contributed by atoms with E-state index in [9.17, 15) is 15.3 Å². The third kappa shape index (κ3) is 2.75. The molecule has 1 aliphatic rings. The van der Waals surface area contributed by atoms with Gasteiger partial charge in [-0.05, 0) is 0 Å². The van der Waals surface area contributed by atoms with Crippen molar-refractivity contribution in [3.8, 4) is 0 Å². The van der Waals surface area contributed by atoms with Gasteiger partial charge in [0, 0.05) is 0 Å². The Morgan fingerprint density at radius 3 is 2.40 bits per heavy atom. The normalized spacial score (nSPS) is 41.5. The lowest BCUT2D eigenvalue weighted by atomic mass is 9.99. The van der Waals surface area contributed by atoms with E-state index in [1.807, 2.05) is 0 Å². The third-order valence-electron chi connectivity index (χ3n) is 2.23. The van der Waals surface area contributed by atoms with Crippen molar-refractivity contribution in [1.82, 2.24) is 0 Å². The lowest BCUT2D eigenvalue weighted by Gasteiger charge is -2.39. The second-order valence-corrected chi connectivity index (χ2v) is 3.32. The summed E-state index contributed by atoms with van der Waals surface area (Å²) < 4.78 is 10.1. The summed E-state index contributed by atoms with van der Waals surface area (Å²) in [6.45, 7) is 3.10. The van der Waals surface area contributed by atoms with E-state index in [0.29, 0.717) is 0 Å². The summed E-state index contributed by atoms with van der Waals surface area (Å²) in [4.78, 5) is 0. The fourth-order valence-electron chi connectivity index (χ4n) is 1.37. The predicted octanol–water partition coefficient (Wildman–Crippen LogP) is -2.01. The van der Waals surface area contributed by atoms with Gasteiger partial charge in [0.2, 0.25) is 0 Å². The quantitative estimate of drug-likeness (QED) is 0.408. The first kappa shape index (κ1) is 12.6. The summed E-state index contributed by atoms with van der Waals surface area (Å²) in [5, 5.41) is 37.1. The maximum Gasteiger partial charge on any atom is 0.187 e. The van der Waals surface area contributed by atoms with Crippen LogP contribution in [-0.4, -0.2) is 64.3 Å². The number of aliphatic hydroxyl groups excluding tert-OH is 4. The largest absolute Gasteiger partial charge is 0.394 e. The second-order valence-electron chi connectivity index (χ2n) is 3.32. The van der Waals surface area contributed by atoms with Gasteiger partial charge in [0.1, 0.15) is 24.4 Å². The van der Waals surface area contributed by atoms with E-state index in [1.165, 1.54) is 6.08 Å². The predicted molar refractivity (Wildman–Crippen MR) is 49.9 cm³/mol. The molecular weight excluding hydrogens is 204 g/mol. The van der Waals surface area contributed by atoms with Crippen molar-refractivity contribution in [2.24, 2.45) is 0 Å². The maximum absolute atomic E-state index is 9.47. The summed E-state index contributed by atoms with van der Waals surface area (Å²) >= 11 is 0. The molecule has 15 heavy (non-hydrogen) atoms. The zero-order chi connectivity index (χ0) is 11.4. The highest BCUT2D eigenvalue weighted by molar-refractivity contribution is 4.89. The van der Waals surface area contributed by atoms with Crippen LogP contribution in [0.5, 0.6) is 0 Å². The van der Waals surface area contributed by atoms with Crippen molar-refractivity contribution in [1.29, 1.82) is 0 Å². The average Bonchev–Trinajstić information content (AvgIpc) is 2.25. The lowest BCUT2D eigenvalue weighted by Crippen LogP contribution is -2.59. The number of aliphatic hydroxyl groups is 4. The molecule has 1 rings (SSSR count). The highest BCUT2D eigenvalue weighted by Crippen LogP contribution is 2.21. The Labute approximate surface area is 87.4 Å². The zero-order valence-electron chi connectivity index (χ0n) is 8.19. The molecule has 1 fully saturated rings. The molecule has 0 aromatic heterocycles. The number of hydrogen-bond donors (Lipinski definition) is 4. The van der Waals surface area contributed by atoms with Crippen LogP contribution in [0.25, 0.3) is 0 Å². The topological polar surface area (TPSA) is 99.4 Å². The summed E-state index contributed by atoms with van der Waals surface area (Å²) in [5.41, 5.74) is 0. The Morgan fingerprint density at radius 2 is 1.87 bits per heavy atom. The van der Waals surface area contributed by atoms with Crippen LogP contribution < -0.4 is 0 Å². The van der Waals surface area contributed by atoms with Crippen molar-refractivity contribution < 1.29 is 29.9 Å². The van der Waals surface area contributed by atoms with Crippen LogP contribution in [0.2, 0.25) is 0 Å². The maximum atomic E-state index is 9.47. The molecule has 6 nitrogen and oxygen atoms in total. The van der Waals surface area contributed by atoms with E-state index in [-0.39, 0.29) is 6.61 Å². The summed E-state index contributed by atoms with van der Waals surface area (Å²) in [6.07, 6.45) is -4.64. The molecule has 0 aromatic carbocycles. The van der Waals surface area contributed by atoms with Crippen molar-refractivity contribution in [2.75, 3.05) is 13.2 Å². The van der Waals surface area contributed by atoms with E-state index in [1.54, 1.807) is 0 Å². The molecule has 0 bridgehead atoms. The molecule has 0 radical (unpaired) electrons. The third-order valence-corrected chi connectivity index (χ3v) is 2.23. The number of ether oxygens (including phenoxy) is 2. The molecule has 0 aliphatic carbocycles. The highest BCUT2D eigenvalue weighted by Gasteiger charge is 2.43. The minimum Gasteiger partial charge on any atom is -0.394 e. The molecule has 4 N–H and O–H groups in total. The number of rotatable bonds is 4. The molecular formula is C9H16O6. The summed E-state index contributed by atoms with van der Waals surface area (Å²) in [5.74, 6) is 0. The molecule has 0 saturated carbocycles. The van der Waals surface area contributed by atoms with Gasteiger partial charge >= 0.3 is 0 Å². The molecule has 0 amide bonds. The molecule has 5 atom stereocenters. The van der Waals surface area contributed by atoms with Crippen molar-refractivity contribution in [3.63, 3.8) is 0 Å². The summed E-state index contributed by atoms with van der Waals surface area (Å²) in [6, 6.07) is 0. The Morgan fingerprint density at radius 1 is 1.20 bits per heavy atom. The second kappa shape index (κ2) is 5.55. The molecule has 6 heteroatoms. The molecule has 0 spiro atoms. The first-order valence-corrected chi connectivity index (χ1v) is 4.64. The fourth-order valence-corrected chi connectivity index (χ4v) is 1.37. The minimum atomic E-state index is -1.40.